The van der Waals surface area contributed by atoms with Gasteiger partial charge in [0, 0.05) is 25.2 Å². The molecular weight excluding hydrogens is 268 g/mol. The molecule has 0 saturated heterocycles. The first kappa shape index (κ1) is 19.0. The lowest BCUT2D eigenvalue weighted by molar-refractivity contribution is -0.249. The maximum atomic E-state index is 11.0. The molecule has 118 valence electrons. The summed E-state index contributed by atoms with van der Waals surface area (Å²) in [6.45, 7) is 5.70. The summed E-state index contributed by atoms with van der Waals surface area (Å²) in [5, 5.41) is 27.3. The third-order valence-electron chi connectivity index (χ3n) is 2.64. The van der Waals surface area contributed by atoms with Gasteiger partial charge in [-0.1, -0.05) is 6.58 Å². The van der Waals surface area contributed by atoms with Crippen molar-refractivity contribution in [3.05, 3.63) is 12.7 Å². The number of esters is 1. The summed E-state index contributed by atoms with van der Waals surface area (Å²) in [6.07, 6.45) is -0.947. The molecule has 0 bridgehead atoms. The van der Waals surface area contributed by atoms with E-state index in [0.717, 1.165) is 6.08 Å². The van der Waals surface area contributed by atoms with Crippen LogP contribution < -0.4 is 0 Å². The largest absolute Gasteiger partial charge is 0.433 e. The van der Waals surface area contributed by atoms with Crippen molar-refractivity contribution < 1.29 is 34.3 Å². The van der Waals surface area contributed by atoms with E-state index in [0.29, 0.717) is 6.42 Å². The molecule has 0 rings (SSSR count). The molecule has 0 fully saturated rings. The minimum Gasteiger partial charge on any atom is -0.433 e. The van der Waals surface area contributed by atoms with Crippen LogP contribution in [0.4, 0.5) is 0 Å². The summed E-state index contributed by atoms with van der Waals surface area (Å²) < 4.78 is 15.5. The second kappa shape index (κ2) is 10.8. The van der Waals surface area contributed by atoms with Gasteiger partial charge in [-0.05, 0) is 20.3 Å². The Balaban J connectivity index is 4.29. The molecule has 0 amide bonds. The molecule has 0 aromatic heterocycles. The number of carbonyl (C=O) groups is 1. The molecule has 0 radical (unpaired) electrons. The molecular formula is C13H24O7. The van der Waals surface area contributed by atoms with Gasteiger partial charge in [-0.15, -0.1) is 0 Å². The molecule has 0 aromatic rings. The fourth-order valence-electron chi connectivity index (χ4n) is 1.65. The van der Waals surface area contributed by atoms with E-state index in [1.165, 1.54) is 6.92 Å². The molecule has 3 N–H and O–H groups in total. The van der Waals surface area contributed by atoms with Crippen LogP contribution in [0, 0.1) is 5.92 Å². The first-order valence-electron chi connectivity index (χ1n) is 6.45. The Kier molecular flexibility index (Phi) is 10.2. The topological polar surface area (TPSA) is 105 Å². The Morgan fingerprint density at radius 2 is 1.80 bits per heavy atom. The van der Waals surface area contributed by atoms with Crippen LogP contribution in [0.15, 0.2) is 12.7 Å². The molecule has 0 saturated carbocycles. The summed E-state index contributed by atoms with van der Waals surface area (Å²) >= 11 is 0. The highest BCUT2D eigenvalue weighted by atomic mass is 16.8. The van der Waals surface area contributed by atoms with Gasteiger partial charge >= 0.3 is 5.97 Å². The molecule has 20 heavy (non-hydrogen) atoms. The second-order valence-electron chi connectivity index (χ2n) is 4.22. The normalized spacial score (nSPS) is 17.1. The van der Waals surface area contributed by atoms with Gasteiger partial charge in [0.05, 0.1) is 12.7 Å². The van der Waals surface area contributed by atoms with Gasteiger partial charge in [0.1, 0.15) is 0 Å². The molecule has 4 atom stereocenters. The fourth-order valence-corrected chi connectivity index (χ4v) is 1.65. The molecule has 0 spiro atoms. The number of hydrogen-bond donors (Lipinski definition) is 3. The zero-order chi connectivity index (χ0) is 15.5. The van der Waals surface area contributed by atoms with Crippen molar-refractivity contribution in [2.45, 2.75) is 39.0 Å². The molecule has 0 aliphatic rings. The highest BCUT2D eigenvalue weighted by molar-refractivity contribution is 5.81. The van der Waals surface area contributed by atoms with Crippen LogP contribution in [-0.2, 0) is 19.0 Å². The number of hydrogen-bond acceptors (Lipinski definition) is 7. The van der Waals surface area contributed by atoms with E-state index in [1.807, 2.05) is 0 Å². The van der Waals surface area contributed by atoms with Gasteiger partial charge in [-0.2, -0.15) is 0 Å². The predicted molar refractivity (Wildman–Crippen MR) is 70.5 cm³/mol. The monoisotopic (exact) mass is 292 g/mol. The Labute approximate surface area is 118 Å². The molecule has 0 aliphatic heterocycles. The van der Waals surface area contributed by atoms with Crippen molar-refractivity contribution in [1.82, 2.24) is 0 Å². The number of aliphatic hydroxyl groups is 3. The van der Waals surface area contributed by atoms with Crippen LogP contribution in [0.25, 0.3) is 0 Å². The molecule has 0 aromatic carbocycles. The van der Waals surface area contributed by atoms with E-state index in [1.54, 1.807) is 6.92 Å². The van der Waals surface area contributed by atoms with E-state index in [2.05, 4.69) is 6.58 Å². The van der Waals surface area contributed by atoms with Gasteiger partial charge < -0.3 is 29.5 Å². The second-order valence-corrected chi connectivity index (χ2v) is 4.22. The van der Waals surface area contributed by atoms with Gasteiger partial charge in [-0.25, -0.2) is 4.79 Å². The lowest BCUT2D eigenvalue weighted by Crippen LogP contribution is -2.36. The average Bonchev–Trinajstić information content (AvgIpc) is 2.41. The van der Waals surface area contributed by atoms with Crippen LogP contribution in [0.3, 0.4) is 0 Å². The van der Waals surface area contributed by atoms with Crippen LogP contribution in [0.1, 0.15) is 20.3 Å². The van der Waals surface area contributed by atoms with Crippen molar-refractivity contribution in [3.63, 3.8) is 0 Å². The summed E-state index contributed by atoms with van der Waals surface area (Å²) in [5.74, 6) is -1.01. The molecule has 7 nitrogen and oxygen atoms in total. The van der Waals surface area contributed by atoms with Gasteiger partial charge in [-0.3, -0.25) is 0 Å². The summed E-state index contributed by atoms with van der Waals surface area (Å²) in [5.41, 5.74) is 0. The molecule has 0 heterocycles. The van der Waals surface area contributed by atoms with Crippen LogP contribution in [0.5, 0.6) is 0 Å². The maximum Gasteiger partial charge on any atom is 0.332 e. The highest BCUT2D eigenvalue weighted by Crippen LogP contribution is 2.15. The predicted octanol–water partition coefficient (Wildman–Crippen LogP) is -0.207. The van der Waals surface area contributed by atoms with E-state index in [9.17, 15) is 15.0 Å². The van der Waals surface area contributed by atoms with E-state index in [4.69, 9.17) is 19.3 Å². The standard InChI is InChI=1S/C13H24O7/c1-4-13(17)20-10(3)18-9(2)19-12(8-16)11(7-15)5-6-14/h4,9-12,14-16H,1,5-8H2,2-3H3. The van der Waals surface area contributed by atoms with Crippen LogP contribution in [0.2, 0.25) is 0 Å². The fraction of sp³-hybridized carbons (Fsp3) is 0.769. The number of aliphatic hydroxyl groups excluding tert-OH is 3. The first-order chi connectivity index (χ1) is 9.48. The average molecular weight is 292 g/mol. The van der Waals surface area contributed by atoms with Crippen molar-refractivity contribution in [2.24, 2.45) is 5.92 Å². The molecule has 4 unspecified atom stereocenters. The Morgan fingerprint density at radius 3 is 2.25 bits per heavy atom. The lowest BCUT2D eigenvalue weighted by atomic mass is 10.0. The Hall–Kier alpha value is -0.990. The van der Waals surface area contributed by atoms with Crippen molar-refractivity contribution in [3.8, 4) is 0 Å². The first-order valence-corrected chi connectivity index (χ1v) is 6.45. The van der Waals surface area contributed by atoms with Crippen LogP contribution in [-0.4, -0.2) is 59.8 Å². The quantitative estimate of drug-likeness (QED) is 0.275. The van der Waals surface area contributed by atoms with E-state index < -0.39 is 30.6 Å². The molecule has 7 heteroatoms. The number of rotatable bonds is 11. The zero-order valence-corrected chi connectivity index (χ0v) is 11.9. The summed E-state index contributed by atoms with van der Waals surface area (Å²) in [7, 11) is 0. The maximum absolute atomic E-state index is 11.0. The summed E-state index contributed by atoms with van der Waals surface area (Å²) in [6, 6.07) is 0. The smallest absolute Gasteiger partial charge is 0.332 e. The summed E-state index contributed by atoms with van der Waals surface area (Å²) in [4.78, 5) is 11.0. The zero-order valence-electron chi connectivity index (χ0n) is 11.9. The van der Waals surface area contributed by atoms with Gasteiger partial charge in [0.15, 0.2) is 6.29 Å². The van der Waals surface area contributed by atoms with Gasteiger partial charge in [0.25, 0.3) is 0 Å². The van der Waals surface area contributed by atoms with Crippen molar-refractivity contribution in [1.29, 1.82) is 0 Å². The SMILES string of the molecule is C=CC(=O)OC(C)OC(C)OC(CO)C(CO)CCO. The Bertz CT molecular complexity index is 282. The molecule has 0 aliphatic carbocycles. The number of carbonyl (C=O) groups excluding carboxylic acids is 1. The third-order valence-corrected chi connectivity index (χ3v) is 2.64. The van der Waals surface area contributed by atoms with Crippen molar-refractivity contribution >= 4 is 5.97 Å². The Morgan fingerprint density at radius 1 is 1.15 bits per heavy atom. The van der Waals surface area contributed by atoms with Crippen molar-refractivity contribution in [2.75, 3.05) is 19.8 Å². The van der Waals surface area contributed by atoms with Crippen LogP contribution >= 0.6 is 0 Å². The third kappa shape index (κ3) is 7.56. The van der Waals surface area contributed by atoms with E-state index >= 15 is 0 Å². The van der Waals surface area contributed by atoms with Gasteiger partial charge in [0.2, 0.25) is 6.29 Å². The van der Waals surface area contributed by atoms with E-state index in [-0.39, 0.29) is 19.8 Å². The minimum atomic E-state index is -0.833. The number of ether oxygens (including phenoxy) is 3. The lowest BCUT2D eigenvalue weighted by Gasteiger charge is -2.28. The minimum absolute atomic E-state index is 0.117. The highest BCUT2D eigenvalue weighted by Gasteiger charge is 2.24.